The Balaban J connectivity index is 1.41. The van der Waals surface area contributed by atoms with Gasteiger partial charge in [0.1, 0.15) is 11.5 Å². The molecule has 2 aromatic rings. The Bertz CT molecular complexity index is 775. The number of hydrogen-bond acceptors (Lipinski definition) is 6. The first-order chi connectivity index (χ1) is 12.3. The third kappa shape index (κ3) is 3.51. The summed E-state index contributed by atoms with van der Waals surface area (Å²) in [5.41, 5.74) is 1.35. The number of ether oxygens (including phenoxy) is 3. The lowest BCUT2D eigenvalue weighted by Gasteiger charge is -2.27. The number of anilines is 1. The van der Waals surface area contributed by atoms with E-state index in [0.29, 0.717) is 31.2 Å². The summed E-state index contributed by atoms with van der Waals surface area (Å²) in [5.74, 6) is 2.04. The van der Waals surface area contributed by atoms with E-state index in [1.165, 1.54) is 0 Å². The van der Waals surface area contributed by atoms with E-state index in [1.54, 1.807) is 6.07 Å². The molecule has 0 unspecified atom stereocenters. The molecule has 7 heteroatoms. The largest absolute Gasteiger partial charge is 0.454 e. The molecule has 0 saturated carbocycles. The second-order valence-electron chi connectivity index (χ2n) is 5.85. The van der Waals surface area contributed by atoms with Crippen LogP contribution in [0.15, 0.2) is 36.4 Å². The van der Waals surface area contributed by atoms with Crippen molar-refractivity contribution in [3.8, 4) is 11.5 Å². The molecule has 0 spiro atoms. The molecule has 1 aromatic carbocycles. The molecule has 0 aliphatic carbocycles. The maximum atomic E-state index is 12.4. The average molecular weight is 341 g/mol. The van der Waals surface area contributed by atoms with Gasteiger partial charge in [-0.1, -0.05) is 12.1 Å². The van der Waals surface area contributed by atoms with E-state index < -0.39 is 0 Å². The van der Waals surface area contributed by atoms with Crippen molar-refractivity contribution in [1.82, 2.24) is 10.3 Å². The first-order valence-electron chi connectivity index (χ1n) is 8.26. The lowest BCUT2D eigenvalue weighted by molar-refractivity contribution is 0.0945. The molecule has 1 amide bonds. The van der Waals surface area contributed by atoms with Gasteiger partial charge < -0.3 is 24.4 Å². The molecule has 3 heterocycles. The van der Waals surface area contributed by atoms with Gasteiger partial charge in [0.05, 0.1) is 13.2 Å². The van der Waals surface area contributed by atoms with Crippen LogP contribution in [-0.2, 0) is 11.3 Å². The molecule has 2 aliphatic heterocycles. The van der Waals surface area contributed by atoms with Crippen LogP contribution in [0, 0.1) is 0 Å². The van der Waals surface area contributed by atoms with Gasteiger partial charge in [-0.25, -0.2) is 4.98 Å². The van der Waals surface area contributed by atoms with Crippen molar-refractivity contribution in [3.05, 3.63) is 47.7 Å². The van der Waals surface area contributed by atoms with Crippen LogP contribution in [0.2, 0.25) is 0 Å². The minimum absolute atomic E-state index is 0.201. The number of carbonyl (C=O) groups excluding carboxylic acids is 1. The number of morpholine rings is 1. The van der Waals surface area contributed by atoms with Crippen molar-refractivity contribution >= 4 is 11.7 Å². The lowest BCUT2D eigenvalue weighted by Crippen LogP contribution is -2.37. The lowest BCUT2D eigenvalue weighted by atomic mass is 10.2. The zero-order chi connectivity index (χ0) is 17.1. The molecule has 130 valence electrons. The fraction of sp³-hybridized carbons (Fsp3) is 0.333. The van der Waals surface area contributed by atoms with Crippen molar-refractivity contribution in [3.63, 3.8) is 0 Å². The number of carbonyl (C=O) groups is 1. The van der Waals surface area contributed by atoms with Crippen LogP contribution < -0.4 is 19.7 Å². The highest BCUT2D eigenvalue weighted by atomic mass is 16.7. The summed E-state index contributed by atoms with van der Waals surface area (Å²) in [6.45, 7) is 3.58. The first-order valence-corrected chi connectivity index (χ1v) is 8.26. The SMILES string of the molecule is O=C(NCc1ccc2c(c1)OCO2)c1cccc(N2CCOCC2)n1. The van der Waals surface area contributed by atoms with Crippen molar-refractivity contribution in [2.24, 2.45) is 0 Å². The zero-order valence-electron chi connectivity index (χ0n) is 13.7. The van der Waals surface area contributed by atoms with E-state index in [1.807, 2.05) is 30.3 Å². The van der Waals surface area contributed by atoms with Gasteiger partial charge in [0.15, 0.2) is 11.5 Å². The van der Waals surface area contributed by atoms with Crippen LogP contribution in [-0.4, -0.2) is 44.0 Å². The normalized spacial score (nSPS) is 15.9. The van der Waals surface area contributed by atoms with Crippen molar-refractivity contribution in [2.45, 2.75) is 6.54 Å². The Morgan fingerprint density at radius 2 is 1.96 bits per heavy atom. The monoisotopic (exact) mass is 341 g/mol. The van der Waals surface area contributed by atoms with E-state index in [9.17, 15) is 4.79 Å². The number of pyridine rings is 1. The smallest absolute Gasteiger partial charge is 0.270 e. The summed E-state index contributed by atoms with van der Waals surface area (Å²) in [7, 11) is 0. The van der Waals surface area contributed by atoms with Crippen LogP contribution in [0.4, 0.5) is 5.82 Å². The summed E-state index contributed by atoms with van der Waals surface area (Å²) in [5, 5.41) is 2.90. The summed E-state index contributed by atoms with van der Waals surface area (Å²) in [6, 6.07) is 11.1. The van der Waals surface area contributed by atoms with Crippen molar-refractivity contribution in [2.75, 3.05) is 38.0 Å². The number of fused-ring (bicyclic) bond motifs is 1. The highest BCUT2D eigenvalue weighted by Gasteiger charge is 2.16. The van der Waals surface area contributed by atoms with Crippen LogP contribution in [0.25, 0.3) is 0 Å². The molecule has 7 nitrogen and oxygen atoms in total. The number of nitrogens with zero attached hydrogens (tertiary/aromatic N) is 2. The van der Waals surface area contributed by atoms with Gasteiger partial charge in [-0.15, -0.1) is 0 Å². The Labute approximate surface area is 145 Å². The number of aromatic nitrogens is 1. The summed E-state index contributed by atoms with van der Waals surface area (Å²) in [4.78, 5) is 19.0. The zero-order valence-corrected chi connectivity index (χ0v) is 13.7. The molecule has 4 rings (SSSR count). The molecule has 0 radical (unpaired) electrons. The molecule has 1 fully saturated rings. The molecule has 1 saturated heterocycles. The fourth-order valence-electron chi connectivity index (χ4n) is 2.84. The number of nitrogens with one attached hydrogen (secondary N) is 1. The quantitative estimate of drug-likeness (QED) is 0.910. The molecule has 0 atom stereocenters. The second-order valence-corrected chi connectivity index (χ2v) is 5.85. The average Bonchev–Trinajstić information content (AvgIpc) is 3.15. The van der Waals surface area contributed by atoms with Gasteiger partial charge in [0.25, 0.3) is 5.91 Å². The summed E-state index contributed by atoms with van der Waals surface area (Å²) >= 11 is 0. The first kappa shape index (κ1) is 15.7. The van der Waals surface area contributed by atoms with E-state index in [0.717, 1.165) is 30.2 Å². The van der Waals surface area contributed by atoms with Gasteiger partial charge in [-0.05, 0) is 29.8 Å². The highest BCUT2D eigenvalue weighted by molar-refractivity contribution is 5.92. The predicted molar refractivity (Wildman–Crippen MR) is 91.0 cm³/mol. The van der Waals surface area contributed by atoms with E-state index in [-0.39, 0.29) is 12.7 Å². The predicted octanol–water partition coefficient (Wildman–Crippen LogP) is 1.58. The maximum Gasteiger partial charge on any atom is 0.270 e. The van der Waals surface area contributed by atoms with Crippen LogP contribution in [0.3, 0.4) is 0 Å². The Hall–Kier alpha value is -2.80. The molecular weight excluding hydrogens is 322 g/mol. The van der Waals surface area contributed by atoms with Crippen molar-refractivity contribution in [1.29, 1.82) is 0 Å². The number of hydrogen-bond donors (Lipinski definition) is 1. The van der Waals surface area contributed by atoms with E-state index >= 15 is 0 Å². The topological polar surface area (TPSA) is 72.9 Å². The summed E-state index contributed by atoms with van der Waals surface area (Å²) < 4.78 is 16.0. The molecule has 1 N–H and O–H groups in total. The van der Waals surface area contributed by atoms with Crippen LogP contribution >= 0.6 is 0 Å². The minimum Gasteiger partial charge on any atom is -0.454 e. The minimum atomic E-state index is -0.201. The number of amides is 1. The third-order valence-electron chi connectivity index (χ3n) is 4.19. The Kier molecular flexibility index (Phi) is 4.39. The highest BCUT2D eigenvalue weighted by Crippen LogP contribution is 2.32. The second kappa shape index (κ2) is 6.98. The molecule has 25 heavy (non-hydrogen) atoms. The van der Waals surface area contributed by atoms with E-state index in [2.05, 4.69) is 15.2 Å². The van der Waals surface area contributed by atoms with Gasteiger partial charge in [0, 0.05) is 19.6 Å². The standard InChI is InChI=1S/C18H19N3O4/c22-18(19-11-13-4-5-15-16(10-13)25-12-24-15)14-2-1-3-17(20-14)21-6-8-23-9-7-21/h1-5,10H,6-9,11-12H2,(H,19,22). The van der Waals surface area contributed by atoms with Crippen molar-refractivity contribution < 1.29 is 19.0 Å². The van der Waals surface area contributed by atoms with Gasteiger partial charge in [-0.2, -0.15) is 0 Å². The molecule has 0 bridgehead atoms. The molecular formula is C18H19N3O4. The van der Waals surface area contributed by atoms with Crippen LogP contribution in [0.1, 0.15) is 16.1 Å². The Morgan fingerprint density at radius 1 is 1.12 bits per heavy atom. The number of benzene rings is 1. The van der Waals surface area contributed by atoms with E-state index in [4.69, 9.17) is 14.2 Å². The van der Waals surface area contributed by atoms with Gasteiger partial charge in [0.2, 0.25) is 6.79 Å². The summed E-state index contributed by atoms with van der Waals surface area (Å²) in [6.07, 6.45) is 0. The number of rotatable bonds is 4. The fourth-order valence-corrected chi connectivity index (χ4v) is 2.84. The maximum absolute atomic E-state index is 12.4. The van der Waals surface area contributed by atoms with Gasteiger partial charge >= 0.3 is 0 Å². The Morgan fingerprint density at radius 3 is 2.84 bits per heavy atom. The van der Waals surface area contributed by atoms with Crippen LogP contribution in [0.5, 0.6) is 11.5 Å². The third-order valence-corrected chi connectivity index (χ3v) is 4.19. The molecule has 2 aliphatic rings. The molecule has 1 aromatic heterocycles. The van der Waals surface area contributed by atoms with Gasteiger partial charge in [-0.3, -0.25) is 4.79 Å².